The second-order valence-corrected chi connectivity index (χ2v) is 13.7. The molecule has 0 radical (unpaired) electrons. The Hall–Kier alpha value is -3.18. The van der Waals surface area contributed by atoms with E-state index in [-0.39, 0.29) is 36.4 Å². The highest BCUT2D eigenvalue weighted by atomic mass is 32.2. The molecule has 2 aromatic carbocycles. The molecule has 3 aliphatic heterocycles. The molecule has 3 heterocycles. The van der Waals surface area contributed by atoms with E-state index in [0.717, 1.165) is 56.4 Å². The third-order valence-electron chi connectivity index (χ3n) is 7.26. The van der Waals surface area contributed by atoms with Crippen LogP contribution in [0.25, 0.3) is 0 Å². The summed E-state index contributed by atoms with van der Waals surface area (Å²) in [7, 11) is -5.84. The zero-order valence-electron chi connectivity index (χ0n) is 27.0. The Morgan fingerprint density at radius 3 is 2.29 bits per heavy atom. The first kappa shape index (κ1) is 41.0. The smallest absolute Gasteiger partial charge is 0.444 e. The van der Waals surface area contributed by atoms with Crippen molar-refractivity contribution in [3.63, 3.8) is 0 Å². The third-order valence-corrected chi connectivity index (χ3v) is 7.84. The standard InChI is InChI=1S/C13H16FNO.C10H17NO3.C8H9FO.CHF3O3S/c14-11-1-2-12-9(7-11)4-6-16-13(12)10-3-5-15-8-10;1-10(2,3)14-9(13)11-5-4-8(6-11)7-12;9-8-3-1-2-7(6-8)4-5-10;2-1(3,4)8(5,6)7/h1-2,7,10,13,15H,3-6,8H2;7-8H,4-6H2,1-3H3;1-3,6,10H,4-5H2;(H,5,6,7). The Morgan fingerprint density at radius 1 is 1.10 bits per heavy atom. The number of nitrogens with one attached hydrogen (secondary N) is 1. The molecule has 2 saturated heterocycles. The van der Waals surface area contributed by atoms with Gasteiger partial charge in [-0.05, 0) is 94.0 Å². The molecule has 5 rings (SSSR count). The first-order valence-electron chi connectivity index (χ1n) is 15.3. The molecule has 2 fully saturated rings. The second-order valence-electron chi connectivity index (χ2n) is 12.3. The number of halogens is 5. The molecule has 3 atom stereocenters. The normalized spacial score (nSPS) is 20.5. The minimum atomic E-state index is -5.84. The summed E-state index contributed by atoms with van der Waals surface area (Å²) in [4.78, 5) is 23.6. The number of aliphatic hydroxyl groups is 1. The number of carbonyl (C=O) groups is 2. The monoisotopic (exact) mass is 710 g/mol. The lowest BCUT2D eigenvalue weighted by Gasteiger charge is -2.30. The first-order valence-corrected chi connectivity index (χ1v) is 16.7. The molecule has 48 heavy (non-hydrogen) atoms. The van der Waals surface area contributed by atoms with E-state index in [2.05, 4.69) is 5.32 Å². The molecule has 1 amide bonds. The van der Waals surface area contributed by atoms with Crippen molar-refractivity contribution >= 4 is 22.5 Å². The lowest BCUT2D eigenvalue weighted by atomic mass is 9.89. The summed E-state index contributed by atoms with van der Waals surface area (Å²) in [6, 6.07) is 11.3. The molecule has 3 unspecified atom stereocenters. The summed E-state index contributed by atoms with van der Waals surface area (Å²) in [5.74, 6) is 0.155. The number of amides is 1. The first-order chi connectivity index (χ1) is 22.3. The number of likely N-dealkylation sites (tertiary alicyclic amines) is 1. The van der Waals surface area contributed by atoms with Gasteiger partial charge in [-0.15, -0.1) is 0 Å². The largest absolute Gasteiger partial charge is 0.522 e. The van der Waals surface area contributed by atoms with Crippen molar-refractivity contribution in [2.45, 2.75) is 63.7 Å². The topological polar surface area (TPSA) is 142 Å². The van der Waals surface area contributed by atoms with E-state index in [1.165, 1.54) is 17.7 Å². The zero-order chi connectivity index (χ0) is 36.1. The highest BCUT2D eigenvalue weighted by molar-refractivity contribution is 7.86. The van der Waals surface area contributed by atoms with Crippen LogP contribution >= 0.6 is 0 Å². The fraction of sp³-hybridized carbons (Fsp3) is 0.562. The molecule has 0 saturated carbocycles. The molecular formula is C32H43F5N2O8S. The van der Waals surface area contributed by atoms with Crippen molar-refractivity contribution in [1.82, 2.24) is 10.2 Å². The number of alkyl halides is 3. The van der Waals surface area contributed by atoms with Crippen molar-refractivity contribution in [1.29, 1.82) is 0 Å². The molecular weight excluding hydrogens is 667 g/mol. The van der Waals surface area contributed by atoms with Crippen molar-refractivity contribution in [2.24, 2.45) is 11.8 Å². The van der Waals surface area contributed by atoms with Gasteiger partial charge < -0.3 is 29.6 Å². The molecule has 270 valence electrons. The summed E-state index contributed by atoms with van der Waals surface area (Å²) >= 11 is 0. The van der Waals surface area contributed by atoms with Crippen LogP contribution in [0.4, 0.5) is 26.7 Å². The maximum Gasteiger partial charge on any atom is 0.522 e. The second kappa shape index (κ2) is 18.5. The Labute approximate surface area is 277 Å². The summed E-state index contributed by atoms with van der Waals surface area (Å²) in [6.07, 6.45) is 4.03. The summed E-state index contributed by atoms with van der Waals surface area (Å²) in [6.45, 7) is 9.49. The van der Waals surface area contributed by atoms with E-state index < -0.39 is 21.2 Å². The Balaban J connectivity index is 0.000000231. The predicted octanol–water partition coefficient (Wildman–Crippen LogP) is 5.25. The van der Waals surface area contributed by atoms with Gasteiger partial charge in [0, 0.05) is 38.1 Å². The Kier molecular flexibility index (Phi) is 15.8. The van der Waals surface area contributed by atoms with Crippen molar-refractivity contribution in [2.75, 3.05) is 39.4 Å². The van der Waals surface area contributed by atoms with Gasteiger partial charge in [-0.2, -0.15) is 21.6 Å². The average molecular weight is 711 g/mol. The number of rotatable bonds is 4. The van der Waals surface area contributed by atoms with Crippen LogP contribution in [0.2, 0.25) is 0 Å². The van der Waals surface area contributed by atoms with Crippen LogP contribution in [0.3, 0.4) is 0 Å². The molecule has 0 aliphatic carbocycles. The molecule has 3 aliphatic rings. The molecule has 0 bridgehead atoms. The molecule has 16 heteroatoms. The van der Waals surface area contributed by atoms with Crippen LogP contribution in [0.1, 0.15) is 56.4 Å². The van der Waals surface area contributed by atoms with Crippen molar-refractivity contribution in [3.8, 4) is 0 Å². The highest BCUT2D eigenvalue weighted by Crippen LogP contribution is 2.35. The summed E-state index contributed by atoms with van der Waals surface area (Å²) in [5, 5.41) is 11.8. The van der Waals surface area contributed by atoms with Crippen LogP contribution < -0.4 is 5.32 Å². The van der Waals surface area contributed by atoms with Gasteiger partial charge in [0.15, 0.2) is 0 Å². The van der Waals surface area contributed by atoms with Crippen LogP contribution in [0.15, 0.2) is 42.5 Å². The number of fused-ring (bicyclic) bond motifs is 1. The van der Waals surface area contributed by atoms with Gasteiger partial charge in [-0.25, -0.2) is 13.6 Å². The fourth-order valence-corrected chi connectivity index (χ4v) is 4.99. The number of hydrogen-bond acceptors (Lipinski definition) is 8. The maximum absolute atomic E-state index is 13.1. The molecule has 2 aromatic rings. The van der Waals surface area contributed by atoms with Gasteiger partial charge in [-0.1, -0.05) is 18.2 Å². The van der Waals surface area contributed by atoms with Crippen molar-refractivity contribution in [3.05, 3.63) is 70.8 Å². The number of aldehydes is 1. The molecule has 10 nitrogen and oxygen atoms in total. The number of nitrogens with zero attached hydrogens (tertiary/aromatic N) is 1. The Bertz CT molecular complexity index is 1430. The molecule has 0 spiro atoms. The van der Waals surface area contributed by atoms with Crippen LogP contribution in [0.5, 0.6) is 0 Å². The van der Waals surface area contributed by atoms with Crippen LogP contribution in [0, 0.1) is 23.5 Å². The van der Waals surface area contributed by atoms with E-state index >= 15 is 0 Å². The van der Waals surface area contributed by atoms with Crippen LogP contribution in [-0.4, -0.2) is 85.9 Å². The number of aliphatic hydroxyl groups excluding tert-OH is 1. The van der Waals surface area contributed by atoms with Crippen LogP contribution in [-0.2, 0) is 37.2 Å². The lowest BCUT2D eigenvalue weighted by Crippen LogP contribution is -2.35. The lowest BCUT2D eigenvalue weighted by molar-refractivity contribution is -0.110. The minimum absolute atomic E-state index is 0.0116. The van der Waals surface area contributed by atoms with Gasteiger partial charge in [-0.3, -0.25) is 4.55 Å². The molecule has 0 aromatic heterocycles. The highest BCUT2D eigenvalue weighted by Gasteiger charge is 2.44. The van der Waals surface area contributed by atoms with Gasteiger partial charge in [0.2, 0.25) is 0 Å². The summed E-state index contributed by atoms with van der Waals surface area (Å²) < 4.78 is 94.1. The van der Waals surface area contributed by atoms with Gasteiger partial charge in [0.05, 0.1) is 12.7 Å². The van der Waals surface area contributed by atoms with E-state index in [1.807, 2.05) is 26.8 Å². The number of benzene rings is 2. The number of hydrogen-bond donors (Lipinski definition) is 3. The van der Waals surface area contributed by atoms with Crippen molar-refractivity contribution < 1.29 is 59.1 Å². The summed E-state index contributed by atoms with van der Waals surface area (Å²) in [5.41, 5.74) is -2.84. The Morgan fingerprint density at radius 2 is 1.77 bits per heavy atom. The number of ether oxygens (including phenoxy) is 2. The van der Waals surface area contributed by atoms with Gasteiger partial charge >= 0.3 is 21.7 Å². The maximum atomic E-state index is 13.1. The number of carbonyl (C=O) groups excluding carboxylic acids is 2. The van der Waals surface area contributed by atoms with Gasteiger partial charge in [0.25, 0.3) is 0 Å². The predicted molar refractivity (Wildman–Crippen MR) is 167 cm³/mol. The molecule has 3 N–H and O–H groups in total. The zero-order valence-corrected chi connectivity index (χ0v) is 27.8. The van der Waals surface area contributed by atoms with E-state index in [9.17, 15) is 31.5 Å². The van der Waals surface area contributed by atoms with E-state index in [0.29, 0.717) is 25.4 Å². The SMILES string of the molecule is CC(C)(C)OC(=O)N1CCC(C=O)C1.Fc1ccc2c(c1)CCOC2C1CCNC1.O=S(=O)(O)C(F)(F)F.OCCc1cccc(F)c1. The van der Waals surface area contributed by atoms with E-state index in [1.54, 1.807) is 29.2 Å². The minimum Gasteiger partial charge on any atom is -0.444 e. The third kappa shape index (κ3) is 14.1. The fourth-order valence-electron chi connectivity index (χ4n) is 4.99. The van der Waals surface area contributed by atoms with E-state index in [4.69, 9.17) is 27.6 Å². The average Bonchev–Trinajstić information content (AvgIpc) is 3.69. The quantitative estimate of drug-likeness (QED) is 0.168. The van der Waals surface area contributed by atoms with Gasteiger partial charge in [0.1, 0.15) is 23.5 Å².